The van der Waals surface area contributed by atoms with Crippen LogP contribution >= 0.6 is 12.2 Å². The van der Waals surface area contributed by atoms with E-state index >= 15 is 0 Å². The van der Waals surface area contributed by atoms with Crippen LogP contribution in [0.4, 0.5) is 0 Å². The SMILES string of the molecule is CCC1(CC)[C@@H](NC(=O)c2ccc3c(=O)n(C)c(=S)[nH]c3c2)C[C@H]1OC. The Morgan fingerprint density at radius 3 is 2.73 bits per heavy atom. The van der Waals surface area contributed by atoms with Crippen LogP contribution in [0.1, 0.15) is 43.5 Å². The molecule has 1 aromatic carbocycles. The Bertz CT molecular complexity index is 959. The molecule has 1 aliphatic carbocycles. The van der Waals surface area contributed by atoms with Gasteiger partial charge in [0.2, 0.25) is 0 Å². The highest BCUT2D eigenvalue weighted by Gasteiger charge is 2.53. The van der Waals surface area contributed by atoms with Crippen LogP contribution in [-0.2, 0) is 11.8 Å². The number of carbonyl (C=O) groups excluding carboxylic acids is 1. The number of nitrogens with zero attached hydrogens (tertiary/aromatic N) is 1. The summed E-state index contributed by atoms with van der Waals surface area (Å²) in [6.45, 7) is 4.28. The van der Waals surface area contributed by atoms with Crippen LogP contribution in [0.3, 0.4) is 0 Å². The largest absolute Gasteiger partial charge is 0.381 e. The van der Waals surface area contributed by atoms with Crippen LogP contribution in [0.5, 0.6) is 0 Å². The van der Waals surface area contributed by atoms with Crippen molar-refractivity contribution >= 4 is 29.0 Å². The number of benzene rings is 1. The van der Waals surface area contributed by atoms with Crippen molar-refractivity contribution in [2.45, 2.75) is 45.3 Å². The number of hydrogen-bond acceptors (Lipinski definition) is 4. The standard InChI is InChI=1S/C19H25N3O3S/c1-5-19(6-2)14(10-15(19)25-4)21-16(23)11-7-8-12-13(9-11)20-18(26)22(3)17(12)24/h7-9,14-15H,5-6,10H2,1-4H3,(H,20,26)(H,21,23)/t14-,15+/m0/s1. The first-order valence-electron chi connectivity index (χ1n) is 8.94. The maximum Gasteiger partial charge on any atom is 0.261 e. The average molecular weight is 375 g/mol. The summed E-state index contributed by atoms with van der Waals surface area (Å²) in [7, 11) is 3.36. The fraction of sp³-hybridized carbons (Fsp3) is 0.526. The van der Waals surface area contributed by atoms with E-state index in [0.717, 1.165) is 19.3 Å². The zero-order valence-electron chi connectivity index (χ0n) is 15.6. The van der Waals surface area contributed by atoms with E-state index in [4.69, 9.17) is 17.0 Å². The number of ether oxygens (including phenoxy) is 1. The molecule has 2 aromatic rings. The summed E-state index contributed by atoms with van der Waals surface area (Å²) in [6, 6.07) is 5.13. The Labute approximate surface area is 157 Å². The van der Waals surface area contributed by atoms with E-state index < -0.39 is 0 Å². The highest BCUT2D eigenvalue weighted by molar-refractivity contribution is 7.71. The van der Waals surface area contributed by atoms with Crippen molar-refractivity contribution in [1.29, 1.82) is 0 Å². The van der Waals surface area contributed by atoms with E-state index in [1.807, 2.05) is 0 Å². The fourth-order valence-electron chi connectivity index (χ4n) is 4.17. The average Bonchev–Trinajstić information content (AvgIpc) is 2.63. The Morgan fingerprint density at radius 2 is 2.12 bits per heavy atom. The molecule has 140 valence electrons. The summed E-state index contributed by atoms with van der Waals surface area (Å²) in [5.41, 5.74) is 0.898. The highest BCUT2D eigenvalue weighted by atomic mass is 32.1. The number of hydrogen-bond donors (Lipinski definition) is 2. The lowest BCUT2D eigenvalue weighted by Gasteiger charge is -2.55. The molecule has 1 fully saturated rings. The minimum Gasteiger partial charge on any atom is -0.381 e. The van der Waals surface area contributed by atoms with Crippen molar-refractivity contribution < 1.29 is 9.53 Å². The number of carbonyl (C=O) groups is 1. The predicted molar refractivity (Wildman–Crippen MR) is 104 cm³/mol. The molecule has 0 unspecified atom stereocenters. The molecule has 0 bridgehead atoms. The molecule has 2 atom stereocenters. The lowest BCUT2D eigenvalue weighted by molar-refractivity contribution is -0.120. The number of aromatic amines is 1. The zero-order valence-corrected chi connectivity index (χ0v) is 16.4. The fourth-order valence-corrected chi connectivity index (χ4v) is 4.36. The number of aromatic nitrogens is 2. The molecule has 0 spiro atoms. The number of fused-ring (bicyclic) bond motifs is 1. The van der Waals surface area contributed by atoms with E-state index in [2.05, 4.69) is 24.1 Å². The number of amides is 1. The maximum atomic E-state index is 12.8. The van der Waals surface area contributed by atoms with Gasteiger partial charge in [0.05, 0.1) is 17.0 Å². The normalized spacial score (nSPS) is 21.4. The van der Waals surface area contributed by atoms with Gasteiger partial charge in [0.15, 0.2) is 4.77 Å². The van der Waals surface area contributed by atoms with Crippen molar-refractivity contribution in [2.75, 3.05) is 7.11 Å². The molecule has 0 radical (unpaired) electrons. The molecule has 1 aromatic heterocycles. The van der Waals surface area contributed by atoms with Crippen molar-refractivity contribution in [3.63, 3.8) is 0 Å². The number of rotatable bonds is 5. The first-order chi connectivity index (χ1) is 12.4. The van der Waals surface area contributed by atoms with E-state index in [1.54, 1.807) is 32.4 Å². The smallest absolute Gasteiger partial charge is 0.261 e. The number of methoxy groups -OCH3 is 1. The molecule has 0 aliphatic heterocycles. The zero-order chi connectivity index (χ0) is 19.1. The minimum absolute atomic E-state index is 0.0168. The summed E-state index contributed by atoms with van der Waals surface area (Å²) in [5, 5.41) is 3.66. The predicted octanol–water partition coefficient (Wildman–Crippen LogP) is 2.92. The topological polar surface area (TPSA) is 76.1 Å². The van der Waals surface area contributed by atoms with Gasteiger partial charge in [0.1, 0.15) is 0 Å². The first-order valence-corrected chi connectivity index (χ1v) is 9.35. The van der Waals surface area contributed by atoms with E-state index in [1.165, 1.54) is 4.57 Å². The summed E-state index contributed by atoms with van der Waals surface area (Å²) in [6.07, 6.45) is 2.90. The molecule has 26 heavy (non-hydrogen) atoms. The van der Waals surface area contributed by atoms with Gasteiger partial charge in [-0.1, -0.05) is 13.8 Å². The van der Waals surface area contributed by atoms with Gasteiger partial charge in [0.25, 0.3) is 11.5 Å². The van der Waals surface area contributed by atoms with Gasteiger partial charge in [-0.15, -0.1) is 0 Å². The lowest BCUT2D eigenvalue weighted by Crippen LogP contribution is -2.64. The second kappa shape index (κ2) is 6.96. The van der Waals surface area contributed by atoms with Gasteiger partial charge in [-0.3, -0.25) is 14.2 Å². The van der Waals surface area contributed by atoms with Gasteiger partial charge in [-0.2, -0.15) is 0 Å². The van der Waals surface area contributed by atoms with Crippen LogP contribution < -0.4 is 10.9 Å². The molecule has 1 amide bonds. The van der Waals surface area contributed by atoms with Gasteiger partial charge >= 0.3 is 0 Å². The van der Waals surface area contributed by atoms with Crippen LogP contribution in [0.25, 0.3) is 10.9 Å². The lowest BCUT2D eigenvalue weighted by atomic mass is 9.58. The Morgan fingerprint density at radius 1 is 1.42 bits per heavy atom. The molecular formula is C19H25N3O3S. The third-order valence-corrected chi connectivity index (χ3v) is 6.43. The quantitative estimate of drug-likeness (QED) is 0.788. The number of H-pyrrole nitrogens is 1. The monoisotopic (exact) mass is 375 g/mol. The first kappa shape index (κ1) is 18.8. The molecule has 2 N–H and O–H groups in total. The van der Waals surface area contributed by atoms with Crippen molar-refractivity contribution in [3.05, 3.63) is 38.9 Å². The Hall–Kier alpha value is -1.99. The van der Waals surface area contributed by atoms with Gasteiger partial charge in [0, 0.05) is 31.2 Å². The summed E-state index contributed by atoms with van der Waals surface area (Å²) < 4.78 is 7.31. The molecule has 6 nitrogen and oxygen atoms in total. The molecular weight excluding hydrogens is 350 g/mol. The minimum atomic E-state index is -0.173. The van der Waals surface area contributed by atoms with Crippen LogP contribution in [0.2, 0.25) is 0 Å². The summed E-state index contributed by atoms with van der Waals surface area (Å²) >= 11 is 5.16. The molecule has 1 saturated carbocycles. The molecule has 1 aliphatic rings. The van der Waals surface area contributed by atoms with Crippen molar-refractivity contribution in [2.24, 2.45) is 12.5 Å². The van der Waals surface area contributed by atoms with Gasteiger partial charge in [-0.25, -0.2) is 0 Å². The van der Waals surface area contributed by atoms with Crippen LogP contribution in [0.15, 0.2) is 23.0 Å². The second-order valence-corrected chi connectivity index (χ2v) is 7.37. The highest BCUT2D eigenvalue weighted by Crippen LogP contribution is 2.48. The van der Waals surface area contributed by atoms with Crippen LogP contribution in [-0.4, -0.2) is 34.7 Å². The third kappa shape index (κ3) is 2.79. The Balaban J connectivity index is 1.88. The number of nitrogens with one attached hydrogen (secondary N) is 2. The molecule has 7 heteroatoms. The van der Waals surface area contributed by atoms with Crippen molar-refractivity contribution in [1.82, 2.24) is 14.9 Å². The second-order valence-electron chi connectivity index (χ2n) is 6.98. The molecule has 0 saturated heterocycles. The Kier molecular flexibility index (Phi) is 5.03. The van der Waals surface area contributed by atoms with Gasteiger partial charge in [-0.05, 0) is 49.7 Å². The summed E-state index contributed by atoms with van der Waals surface area (Å²) in [5.74, 6) is -0.141. The van der Waals surface area contributed by atoms with E-state index in [0.29, 0.717) is 21.2 Å². The maximum absolute atomic E-state index is 12.8. The van der Waals surface area contributed by atoms with Gasteiger partial charge < -0.3 is 15.0 Å². The molecule has 3 rings (SSSR count). The van der Waals surface area contributed by atoms with E-state index in [9.17, 15) is 9.59 Å². The molecule has 1 heterocycles. The van der Waals surface area contributed by atoms with Crippen LogP contribution in [0, 0.1) is 10.2 Å². The van der Waals surface area contributed by atoms with Crippen molar-refractivity contribution in [3.8, 4) is 0 Å². The summed E-state index contributed by atoms with van der Waals surface area (Å²) in [4.78, 5) is 28.0. The third-order valence-electron chi connectivity index (χ3n) is 6.05. The van der Waals surface area contributed by atoms with E-state index in [-0.39, 0.29) is 29.0 Å².